The fourth-order valence-corrected chi connectivity index (χ4v) is 3.84. The first kappa shape index (κ1) is 22.6. The number of nitrogens with zero attached hydrogens (tertiary/aromatic N) is 1. The van der Waals surface area contributed by atoms with Crippen molar-refractivity contribution >= 4 is 34.8 Å². The number of benzene rings is 2. The van der Waals surface area contributed by atoms with Gasteiger partial charge in [0.05, 0.1) is 33.8 Å². The summed E-state index contributed by atoms with van der Waals surface area (Å²) in [5.41, 5.74) is 1.79. The summed E-state index contributed by atoms with van der Waals surface area (Å²) in [4.78, 5) is 29.3. The lowest BCUT2D eigenvalue weighted by Crippen LogP contribution is -2.30. The highest BCUT2D eigenvalue weighted by Gasteiger charge is 2.22. The third kappa shape index (κ3) is 5.53. The maximum Gasteiger partial charge on any atom is 0.307 e. The van der Waals surface area contributed by atoms with Crippen LogP contribution in [0, 0.1) is 0 Å². The standard InChI is InChI=1S/C22H21ClN2O5S/c1-28-18-9-6-14(10-19(18)29-2)16(11-20(26)30-3)24-21(27)17-12-31-22(25-17)13-4-7-15(23)8-5-13/h4-10,12,16H,11H2,1-3H3,(H,24,27). The number of halogens is 1. The lowest BCUT2D eigenvalue weighted by molar-refractivity contribution is -0.141. The molecular formula is C22H21ClN2O5S. The Hall–Kier alpha value is -3.10. The number of aromatic nitrogens is 1. The van der Waals surface area contributed by atoms with E-state index in [1.807, 2.05) is 12.1 Å². The van der Waals surface area contributed by atoms with Crippen molar-refractivity contribution in [3.8, 4) is 22.1 Å². The van der Waals surface area contributed by atoms with E-state index in [1.165, 1.54) is 32.7 Å². The predicted octanol–water partition coefficient (Wildman–Crippen LogP) is 4.51. The topological polar surface area (TPSA) is 86.8 Å². The molecule has 0 radical (unpaired) electrons. The molecule has 3 rings (SSSR count). The number of ether oxygens (including phenoxy) is 3. The lowest BCUT2D eigenvalue weighted by Gasteiger charge is -2.19. The molecule has 9 heteroatoms. The van der Waals surface area contributed by atoms with Crippen LogP contribution in [0.2, 0.25) is 5.02 Å². The monoisotopic (exact) mass is 460 g/mol. The van der Waals surface area contributed by atoms with Crippen LogP contribution in [0.25, 0.3) is 10.6 Å². The zero-order valence-electron chi connectivity index (χ0n) is 17.2. The van der Waals surface area contributed by atoms with Gasteiger partial charge in [-0.2, -0.15) is 0 Å². The molecule has 1 atom stereocenters. The number of carbonyl (C=O) groups is 2. The van der Waals surface area contributed by atoms with Gasteiger partial charge in [0, 0.05) is 16.0 Å². The number of nitrogens with one attached hydrogen (secondary N) is 1. The number of methoxy groups -OCH3 is 3. The molecule has 0 bridgehead atoms. The summed E-state index contributed by atoms with van der Waals surface area (Å²) in [5, 5.41) is 5.85. The average Bonchev–Trinajstić information content (AvgIpc) is 3.29. The Kier molecular flexibility index (Phi) is 7.49. The Labute approximate surface area is 188 Å². The Morgan fingerprint density at radius 1 is 1.06 bits per heavy atom. The van der Waals surface area contributed by atoms with Crippen molar-refractivity contribution in [2.24, 2.45) is 0 Å². The summed E-state index contributed by atoms with van der Waals surface area (Å²) in [6, 6.07) is 11.8. The van der Waals surface area contributed by atoms with Gasteiger partial charge in [-0.3, -0.25) is 9.59 Å². The third-order valence-electron chi connectivity index (χ3n) is 4.54. The van der Waals surface area contributed by atoms with Crippen LogP contribution in [0.1, 0.15) is 28.5 Å². The minimum Gasteiger partial charge on any atom is -0.493 e. The largest absolute Gasteiger partial charge is 0.493 e. The van der Waals surface area contributed by atoms with Gasteiger partial charge < -0.3 is 19.5 Å². The molecule has 1 N–H and O–H groups in total. The summed E-state index contributed by atoms with van der Waals surface area (Å²) in [5.74, 6) is 0.171. The van der Waals surface area contributed by atoms with Crippen molar-refractivity contribution in [2.45, 2.75) is 12.5 Å². The van der Waals surface area contributed by atoms with Gasteiger partial charge >= 0.3 is 5.97 Å². The number of carbonyl (C=O) groups excluding carboxylic acids is 2. The van der Waals surface area contributed by atoms with Gasteiger partial charge in [0.15, 0.2) is 11.5 Å². The van der Waals surface area contributed by atoms with Crippen LogP contribution in [-0.2, 0) is 9.53 Å². The minimum atomic E-state index is -0.638. The summed E-state index contributed by atoms with van der Waals surface area (Å²) in [7, 11) is 4.35. The zero-order valence-corrected chi connectivity index (χ0v) is 18.8. The number of esters is 1. The molecule has 0 aliphatic carbocycles. The van der Waals surface area contributed by atoms with Crippen molar-refractivity contribution in [2.75, 3.05) is 21.3 Å². The molecule has 1 unspecified atom stereocenters. The number of hydrogen-bond acceptors (Lipinski definition) is 7. The fourth-order valence-electron chi connectivity index (χ4n) is 2.91. The van der Waals surface area contributed by atoms with Gasteiger partial charge in [0.2, 0.25) is 0 Å². The van der Waals surface area contributed by atoms with Gasteiger partial charge in [-0.15, -0.1) is 11.3 Å². The van der Waals surface area contributed by atoms with Crippen LogP contribution in [0.4, 0.5) is 0 Å². The molecule has 1 heterocycles. The highest BCUT2D eigenvalue weighted by atomic mass is 35.5. The van der Waals surface area contributed by atoms with Crippen LogP contribution < -0.4 is 14.8 Å². The fraction of sp³-hybridized carbons (Fsp3) is 0.227. The van der Waals surface area contributed by atoms with Crippen LogP contribution >= 0.6 is 22.9 Å². The van der Waals surface area contributed by atoms with E-state index in [0.717, 1.165) is 5.56 Å². The van der Waals surface area contributed by atoms with Crippen LogP contribution in [0.5, 0.6) is 11.5 Å². The Morgan fingerprint density at radius 2 is 1.77 bits per heavy atom. The first-order valence-electron chi connectivity index (χ1n) is 9.26. The maximum atomic E-state index is 12.9. The molecule has 31 heavy (non-hydrogen) atoms. The summed E-state index contributed by atoms with van der Waals surface area (Å²) in [6.07, 6.45) is -0.0497. The molecule has 1 aromatic heterocycles. The maximum absolute atomic E-state index is 12.9. The Morgan fingerprint density at radius 3 is 2.42 bits per heavy atom. The van der Waals surface area contributed by atoms with E-state index >= 15 is 0 Å². The average molecular weight is 461 g/mol. The number of hydrogen-bond donors (Lipinski definition) is 1. The van der Waals surface area contributed by atoms with Gasteiger partial charge in [0.1, 0.15) is 10.7 Å². The van der Waals surface area contributed by atoms with E-state index < -0.39 is 17.9 Å². The highest BCUT2D eigenvalue weighted by molar-refractivity contribution is 7.13. The van der Waals surface area contributed by atoms with Crippen molar-refractivity contribution in [3.63, 3.8) is 0 Å². The van der Waals surface area contributed by atoms with Crippen LogP contribution in [0.3, 0.4) is 0 Å². The Bertz CT molecular complexity index is 1070. The molecule has 0 saturated carbocycles. The van der Waals surface area contributed by atoms with Crippen LogP contribution in [-0.4, -0.2) is 38.2 Å². The molecule has 0 aliphatic heterocycles. The van der Waals surface area contributed by atoms with E-state index in [4.69, 9.17) is 25.8 Å². The first-order chi connectivity index (χ1) is 14.9. The number of rotatable bonds is 8. The van der Waals surface area contributed by atoms with E-state index in [0.29, 0.717) is 27.1 Å². The molecule has 162 valence electrons. The second-order valence-electron chi connectivity index (χ2n) is 6.47. The van der Waals surface area contributed by atoms with E-state index in [-0.39, 0.29) is 12.1 Å². The molecule has 7 nitrogen and oxygen atoms in total. The summed E-state index contributed by atoms with van der Waals surface area (Å²) >= 11 is 7.27. The molecule has 0 saturated heterocycles. The molecule has 0 fully saturated rings. The van der Waals surface area contributed by atoms with Crippen molar-refractivity contribution in [1.29, 1.82) is 0 Å². The SMILES string of the molecule is COC(=O)CC(NC(=O)c1csc(-c2ccc(Cl)cc2)n1)c1ccc(OC)c(OC)c1. The van der Waals surface area contributed by atoms with E-state index in [2.05, 4.69) is 10.3 Å². The van der Waals surface area contributed by atoms with Crippen molar-refractivity contribution in [3.05, 3.63) is 64.1 Å². The second kappa shape index (κ2) is 10.3. The van der Waals surface area contributed by atoms with Crippen LogP contribution in [0.15, 0.2) is 47.8 Å². The van der Waals surface area contributed by atoms with E-state index in [9.17, 15) is 9.59 Å². The molecule has 1 amide bonds. The third-order valence-corrected chi connectivity index (χ3v) is 5.69. The molecular weight excluding hydrogens is 440 g/mol. The molecule has 2 aromatic carbocycles. The summed E-state index contributed by atoms with van der Waals surface area (Å²) in [6.45, 7) is 0. The highest BCUT2D eigenvalue weighted by Crippen LogP contribution is 2.31. The first-order valence-corrected chi connectivity index (χ1v) is 10.5. The van der Waals surface area contributed by atoms with E-state index in [1.54, 1.807) is 35.7 Å². The quantitative estimate of drug-likeness (QED) is 0.497. The molecule has 3 aromatic rings. The second-order valence-corrected chi connectivity index (χ2v) is 7.76. The number of amides is 1. The zero-order chi connectivity index (χ0) is 22.4. The Balaban J connectivity index is 1.84. The van der Waals surface area contributed by atoms with Gasteiger partial charge in [-0.1, -0.05) is 29.8 Å². The minimum absolute atomic E-state index is 0.0497. The lowest BCUT2D eigenvalue weighted by atomic mass is 10.0. The molecule has 0 aliphatic rings. The predicted molar refractivity (Wildman–Crippen MR) is 119 cm³/mol. The smallest absolute Gasteiger partial charge is 0.307 e. The molecule has 0 spiro atoms. The summed E-state index contributed by atoms with van der Waals surface area (Å²) < 4.78 is 15.4. The van der Waals surface area contributed by atoms with Gasteiger partial charge in [-0.05, 0) is 29.8 Å². The van der Waals surface area contributed by atoms with Crippen molar-refractivity contribution < 1.29 is 23.8 Å². The van der Waals surface area contributed by atoms with Crippen molar-refractivity contribution in [1.82, 2.24) is 10.3 Å². The van der Waals surface area contributed by atoms with Gasteiger partial charge in [-0.25, -0.2) is 4.98 Å². The number of thiazole rings is 1. The normalized spacial score (nSPS) is 11.5. The van der Waals surface area contributed by atoms with Gasteiger partial charge in [0.25, 0.3) is 5.91 Å².